The molecule has 1 unspecified atom stereocenters. The van der Waals surface area contributed by atoms with Crippen molar-refractivity contribution in [2.75, 3.05) is 19.0 Å². The first-order chi connectivity index (χ1) is 17.9. The Morgan fingerprint density at radius 2 is 1.97 bits per heavy atom. The van der Waals surface area contributed by atoms with Crippen molar-refractivity contribution in [3.05, 3.63) is 80.2 Å². The summed E-state index contributed by atoms with van der Waals surface area (Å²) in [4.78, 5) is 23.6. The third kappa shape index (κ3) is 6.17. The van der Waals surface area contributed by atoms with Gasteiger partial charge in [-0.2, -0.15) is 4.31 Å². The van der Waals surface area contributed by atoms with Gasteiger partial charge in [-0.15, -0.1) is 11.3 Å². The summed E-state index contributed by atoms with van der Waals surface area (Å²) < 4.78 is 32.9. The van der Waals surface area contributed by atoms with Crippen LogP contribution < -0.4 is 5.32 Å². The molecule has 2 heterocycles. The molecule has 0 aliphatic carbocycles. The van der Waals surface area contributed by atoms with Gasteiger partial charge in [0.15, 0.2) is 0 Å². The van der Waals surface area contributed by atoms with Gasteiger partial charge in [-0.05, 0) is 56.0 Å². The third-order valence-electron chi connectivity index (χ3n) is 6.48. The first-order valence-corrected chi connectivity index (χ1v) is 14.7. The van der Waals surface area contributed by atoms with E-state index in [-0.39, 0.29) is 17.5 Å². The molecule has 0 amide bonds. The molecule has 1 aromatic heterocycles. The van der Waals surface area contributed by atoms with Gasteiger partial charge in [-0.25, -0.2) is 13.2 Å². The fourth-order valence-corrected chi connectivity index (χ4v) is 8.15. The number of nitrogens with one attached hydrogen (secondary N) is 1. The predicted molar refractivity (Wildman–Crippen MR) is 149 cm³/mol. The molecule has 38 heavy (non-hydrogen) atoms. The zero-order chi connectivity index (χ0) is 27.7. The number of halogens is 1. The lowest BCUT2D eigenvalue weighted by Gasteiger charge is -2.45. The Bertz CT molecular complexity index is 1470. The molecule has 1 fully saturated rings. The Kier molecular flexibility index (Phi) is 8.12. The van der Waals surface area contributed by atoms with E-state index in [9.17, 15) is 23.3 Å². The average Bonchev–Trinajstić information content (AvgIpc) is 3.24. The summed E-state index contributed by atoms with van der Waals surface area (Å²) in [5.74, 6) is -0.736. The number of hydrogen-bond donors (Lipinski definition) is 1. The number of nitrogens with zero attached hydrogens (tertiary/aromatic N) is 2. The number of carbonyl (C=O) groups excluding carboxylic acids is 1. The summed E-state index contributed by atoms with van der Waals surface area (Å²) in [6.07, 6.45) is 1.16. The van der Waals surface area contributed by atoms with Gasteiger partial charge in [-0.1, -0.05) is 35.9 Å². The molecule has 1 atom stereocenters. The van der Waals surface area contributed by atoms with Crippen LogP contribution in [0.5, 0.6) is 0 Å². The van der Waals surface area contributed by atoms with E-state index in [1.807, 2.05) is 38.1 Å². The molecule has 1 N–H and O–H groups in total. The summed E-state index contributed by atoms with van der Waals surface area (Å²) >= 11 is 7.65. The van der Waals surface area contributed by atoms with Crippen LogP contribution in [0.1, 0.15) is 41.9 Å². The minimum atomic E-state index is -3.71. The molecule has 0 spiro atoms. The number of hydrogen-bond acceptors (Lipinski definition) is 8. The summed E-state index contributed by atoms with van der Waals surface area (Å²) in [5.41, 5.74) is 1.30. The summed E-state index contributed by atoms with van der Waals surface area (Å²) in [6, 6.07) is 15.1. The van der Waals surface area contributed by atoms with Crippen molar-refractivity contribution in [1.29, 1.82) is 0 Å². The largest absolute Gasteiger partial charge is 0.465 e. The summed E-state index contributed by atoms with van der Waals surface area (Å²) in [6.45, 7) is 4.10. The van der Waals surface area contributed by atoms with E-state index in [2.05, 4.69) is 5.32 Å². The van der Waals surface area contributed by atoms with Gasteiger partial charge in [0.2, 0.25) is 10.0 Å². The molecule has 1 aliphatic rings. The van der Waals surface area contributed by atoms with Crippen LogP contribution in [-0.4, -0.2) is 48.9 Å². The van der Waals surface area contributed by atoms with Crippen molar-refractivity contribution in [2.24, 2.45) is 0 Å². The maximum atomic E-state index is 13.3. The van der Waals surface area contributed by atoms with Crippen LogP contribution >= 0.6 is 22.9 Å². The highest BCUT2D eigenvalue weighted by Gasteiger charge is 2.41. The number of thiophene rings is 1. The lowest BCUT2D eigenvalue weighted by atomic mass is 9.89. The van der Waals surface area contributed by atoms with Gasteiger partial charge in [0.25, 0.3) is 5.69 Å². The van der Waals surface area contributed by atoms with Gasteiger partial charge in [0, 0.05) is 35.9 Å². The maximum absolute atomic E-state index is 13.3. The number of sulfonamides is 1. The number of carbonyl (C=O) groups is 1. The zero-order valence-electron chi connectivity index (χ0n) is 21.1. The molecule has 0 bridgehead atoms. The Labute approximate surface area is 230 Å². The molecular weight excluding hydrogens is 550 g/mol. The molecule has 3 aromatic rings. The Balaban J connectivity index is 1.46. The van der Waals surface area contributed by atoms with E-state index in [0.29, 0.717) is 34.8 Å². The van der Waals surface area contributed by atoms with Crippen molar-refractivity contribution in [1.82, 2.24) is 4.31 Å². The Hall–Kier alpha value is -2.99. The number of piperidine rings is 1. The SMILES string of the molecule is COC(=O)c1cc(Cl)c(-c2cccc(NC3CCN(S(=O)(=O)Cc4cccc([N+](=O)[O-])c4)C(C)(C)C3)c2)s1. The van der Waals surface area contributed by atoms with Crippen LogP contribution in [0.25, 0.3) is 10.4 Å². The molecule has 12 heteroatoms. The average molecular weight is 578 g/mol. The number of ether oxygens (including phenoxy) is 1. The number of methoxy groups -OCH3 is 1. The topological polar surface area (TPSA) is 119 Å². The molecule has 1 saturated heterocycles. The van der Waals surface area contributed by atoms with Crippen LogP contribution in [-0.2, 0) is 20.5 Å². The molecule has 2 aromatic carbocycles. The first kappa shape index (κ1) is 28.0. The second kappa shape index (κ2) is 11.0. The van der Waals surface area contributed by atoms with Crippen molar-refractivity contribution < 1.29 is 22.9 Å². The second-order valence-corrected chi connectivity index (χ2v) is 13.1. The molecule has 0 radical (unpaired) electrons. The lowest BCUT2D eigenvalue weighted by Crippen LogP contribution is -2.55. The minimum Gasteiger partial charge on any atom is -0.465 e. The predicted octanol–water partition coefficient (Wildman–Crippen LogP) is 5.95. The lowest BCUT2D eigenvalue weighted by molar-refractivity contribution is -0.384. The number of nitro groups is 1. The number of anilines is 1. The molecule has 202 valence electrons. The van der Waals surface area contributed by atoms with Crippen molar-refractivity contribution >= 4 is 50.3 Å². The van der Waals surface area contributed by atoms with E-state index >= 15 is 0 Å². The molecular formula is C26H28ClN3O6S2. The van der Waals surface area contributed by atoms with Gasteiger partial charge < -0.3 is 10.1 Å². The molecule has 1 aliphatic heterocycles. The zero-order valence-corrected chi connectivity index (χ0v) is 23.5. The third-order valence-corrected chi connectivity index (χ3v) is 10.1. The van der Waals surface area contributed by atoms with E-state index in [0.717, 1.165) is 16.1 Å². The summed E-state index contributed by atoms with van der Waals surface area (Å²) in [5, 5.41) is 15.1. The quantitative estimate of drug-likeness (QED) is 0.200. The fourth-order valence-electron chi connectivity index (χ4n) is 4.82. The van der Waals surface area contributed by atoms with E-state index in [4.69, 9.17) is 16.3 Å². The van der Waals surface area contributed by atoms with Gasteiger partial charge >= 0.3 is 5.97 Å². The normalized spacial score (nSPS) is 17.6. The van der Waals surface area contributed by atoms with Gasteiger partial charge in [0.05, 0.1) is 27.7 Å². The Morgan fingerprint density at radius 1 is 1.24 bits per heavy atom. The molecule has 0 saturated carbocycles. The Morgan fingerprint density at radius 3 is 2.66 bits per heavy atom. The van der Waals surface area contributed by atoms with Crippen LogP contribution in [0.3, 0.4) is 0 Å². The van der Waals surface area contributed by atoms with Crippen molar-refractivity contribution in [3.8, 4) is 10.4 Å². The highest BCUT2D eigenvalue weighted by atomic mass is 35.5. The highest BCUT2D eigenvalue weighted by Crippen LogP contribution is 2.38. The number of non-ortho nitro benzene ring substituents is 1. The number of esters is 1. The fraction of sp³-hybridized carbons (Fsp3) is 0.346. The first-order valence-electron chi connectivity index (χ1n) is 11.9. The van der Waals surface area contributed by atoms with Gasteiger partial charge in [0.1, 0.15) is 4.88 Å². The maximum Gasteiger partial charge on any atom is 0.348 e. The van der Waals surface area contributed by atoms with Gasteiger partial charge in [-0.3, -0.25) is 10.1 Å². The van der Waals surface area contributed by atoms with Crippen LogP contribution in [0.4, 0.5) is 11.4 Å². The number of nitro benzene ring substituents is 1. The molecule has 9 nitrogen and oxygen atoms in total. The second-order valence-electron chi connectivity index (χ2n) is 9.76. The molecule has 4 rings (SSSR count). The van der Waals surface area contributed by atoms with E-state index < -0.39 is 26.5 Å². The van der Waals surface area contributed by atoms with Crippen LogP contribution in [0.15, 0.2) is 54.6 Å². The van der Waals surface area contributed by atoms with Crippen LogP contribution in [0, 0.1) is 10.1 Å². The number of benzene rings is 2. The number of rotatable bonds is 8. The minimum absolute atomic E-state index is 0.0222. The standard InChI is InChI=1S/C26H28ClN3O6S2/c1-26(2)15-20(10-11-29(26)38(34,35)16-17-6-4-9-21(12-17)30(32)33)28-19-8-5-7-18(13-19)24-22(27)14-23(37-24)25(31)36-3/h4-9,12-14,20,28H,10-11,15-16H2,1-3H3. The monoisotopic (exact) mass is 577 g/mol. The van der Waals surface area contributed by atoms with Crippen molar-refractivity contribution in [3.63, 3.8) is 0 Å². The summed E-state index contributed by atoms with van der Waals surface area (Å²) in [7, 11) is -2.38. The smallest absolute Gasteiger partial charge is 0.348 e. The van der Waals surface area contributed by atoms with E-state index in [1.54, 1.807) is 12.1 Å². The van der Waals surface area contributed by atoms with Crippen LogP contribution in [0.2, 0.25) is 5.02 Å². The highest BCUT2D eigenvalue weighted by molar-refractivity contribution is 7.88. The van der Waals surface area contributed by atoms with Crippen molar-refractivity contribution in [2.45, 2.75) is 44.0 Å². The van der Waals surface area contributed by atoms with E-state index in [1.165, 1.54) is 41.0 Å².